The van der Waals surface area contributed by atoms with E-state index in [0.717, 1.165) is 13.2 Å². The average Bonchev–Trinajstić information content (AvgIpc) is 2.31. The van der Waals surface area contributed by atoms with Crippen LogP contribution in [0.25, 0.3) is 0 Å². The number of nitrogens with one attached hydrogen (secondary N) is 1. The van der Waals surface area contributed by atoms with Crippen LogP contribution in [0.5, 0.6) is 0 Å². The van der Waals surface area contributed by atoms with Gasteiger partial charge in [0.15, 0.2) is 0 Å². The van der Waals surface area contributed by atoms with E-state index < -0.39 is 11.9 Å². The zero-order valence-corrected chi connectivity index (χ0v) is 10.7. The van der Waals surface area contributed by atoms with Crippen molar-refractivity contribution in [3.63, 3.8) is 0 Å². The molecule has 0 radical (unpaired) electrons. The molecule has 0 saturated carbocycles. The van der Waals surface area contributed by atoms with E-state index in [2.05, 4.69) is 17.9 Å². The zero-order valence-electron chi connectivity index (χ0n) is 9.81. The molecule has 0 aromatic rings. The summed E-state index contributed by atoms with van der Waals surface area (Å²) in [6.07, 6.45) is 4.35. The Bertz CT molecular complexity index is 235. The molecule has 7 heteroatoms. The van der Waals surface area contributed by atoms with Gasteiger partial charge in [-0.2, -0.15) is 12.6 Å². The predicted molar refractivity (Wildman–Crippen MR) is 65.5 cm³/mol. The lowest BCUT2D eigenvalue weighted by Crippen LogP contribution is -2.49. The number of carboxylic acid groups (broad SMARTS) is 2. The van der Waals surface area contributed by atoms with Gasteiger partial charge in [-0.1, -0.05) is 0 Å². The summed E-state index contributed by atoms with van der Waals surface area (Å²) in [7, 11) is 0. The van der Waals surface area contributed by atoms with Gasteiger partial charge in [-0.05, 0) is 32.2 Å². The van der Waals surface area contributed by atoms with Crippen molar-refractivity contribution in [3.8, 4) is 0 Å². The molecule has 0 atom stereocenters. The van der Waals surface area contributed by atoms with Crippen LogP contribution in [-0.2, 0) is 14.3 Å². The third-order valence-corrected chi connectivity index (χ3v) is 2.66. The molecule has 0 bridgehead atoms. The van der Waals surface area contributed by atoms with Gasteiger partial charge in [0.25, 0.3) is 0 Å². The fourth-order valence-electron chi connectivity index (χ4n) is 1.64. The second kappa shape index (κ2) is 8.32. The van der Waals surface area contributed by atoms with Gasteiger partial charge in [0.05, 0.1) is 13.2 Å². The van der Waals surface area contributed by atoms with Crippen LogP contribution in [0.4, 0.5) is 0 Å². The Morgan fingerprint density at radius 2 is 1.53 bits per heavy atom. The van der Waals surface area contributed by atoms with E-state index in [-0.39, 0.29) is 0 Å². The minimum atomic E-state index is -1.82. The zero-order chi connectivity index (χ0) is 13.3. The molecule has 0 aliphatic carbocycles. The molecule has 0 amide bonds. The monoisotopic (exact) mass is 265 g/mol. The van der Waals surface area contributed by atoms with E-state index in [4.69, 9.17) is 24.5 Å². The molecular formula is C10H19NO5S. The maximum atomic E-state index is 9.10. The first kappa shape index (κ1) is 16.2. The van der Waals surface area contributed by atoms with Gasteiger partial charge >= 0.3 is 11.9 Å². The summed E-state index contributed by atoms with van der Waals surface area (Å²) < 4.78 is 5.19. The third-order valence-electron chi connectivity index (χ3n) is 2.66. The number of thiol groups is 1. The van der Waals surface area contributed by atoms with Crippen molar-refractivity contribution in [3.05, 3.63) is 0 Å². The molecule has 3 N–H and O–H groups in total. The molecule has 17 heavy (non-hydrogen) atoms. The van der Waals surface area contributed by atoms with Gasteiger partial charge in [0, 0.05) is 5.41 Å². The van der Waals surface area contributed by atoms with Crippen LogP contribution < -0.4 is 5.32 Å². The van der Waals surface area contributed by atoms with Crippen LogP contribution in [0.1, 0.15) is 12.8 Å². The largest absolute Gasteiger partial charge is 0.473 e. The van der Waals surface area contributed by atoms with Crippen molar-refractivity contribution in [1.82, 2.24) is 5.32 Å². The van der Waals surface area contributed by atoms with Crippen molar-refractivity contribution in [2.75, 3.05) is 32.6 Å². The summed E-state index contributed by atoms with van der Waals surface area (Å²) >= 11 is 3.53. The quantitative estimate of drug-likeness (QED) is 0.366. The first-order valence-corrected chi connectivity index (χ1v) is 6.15. The Morgan fingerprint density at radius 3 is 1.71 bits per heavy atom. The van der Waals surface area contributed by atoms with Gasteiger partial charge < -0.3 is 20.3 Å². The molecule has 2 aliphatic heterocycles. The molecule has 2 aliphatic rings. The lowest BCUT2D eigenvalue weighted by molar-refractivity contribution is -0.159. The molecule has 2 saturated heterocycles. The van der Waals surface area contributed by atoms with Gasteiger partial charge in [0.2, 0.25) is 0 Å². The number of rotatable bonds is 0. The molecular weight excluding hydrogens is 246 g/mol. The normalized spacial score (nSPS) is 19.9. The van der Waals surface area contributed by atoms with Crippen molar-refractivity contribution in [2.24, 2.45) is 5.41 Å². The van der Waals surface area contributed by atoms with Crippen molar-refractivity contribution in [2.45, 2.75) is 12.8 Å². The maximum absolute atomic E-state index is 9.10. The highest BCUT2D eigenvalue weighted by Crippen LogP contribution is 2.35. The molecule has 0 aromatic heterocycles. The highest BCUT2D eigenvalue weighted by atomic mass is 32.1. The van der Waals surface area contributed by atoms with Gasteiger partial charge in [-0.3, -0.25) is 0 Å². The third kappa shape index (κ3) is 5.90. The first-order valence-electron chi connectivity index (χ1n) is 5.25. The SMILES string of the molecule is C1CC2(CCN1)COC2.CS.O=C(O)C(=O)O. The van der Waals surface area contributed by atoms with E-state index >= 15 is 0 Å². The second-order valence-corrected chi connectivity index (χ2v) is 3.85. The smallest absolute Gasteiger partial charge is 0.414 e. The van der Waals surface area contributed by atoms with Crippen molar-refractivity contribution >= 4 is 24.6 Å². The molecule has 0 aromatic carbocycles. The molecule has 100 valence electrons. The summed E-state index contributed by atoms with van der Waals surface area (Å²) in [5, 5.41) is 18.1. The Morgan fingerprint density at radius 1 is 1.12 bits per heavy atom. The van der Waals surface area contributed by atoms with Crippen molar-refractivity contribution in [1.29, 1.82) is 0 Å². The minimum absolute atomic E-state index is 0.616. The minimum Gasteiger partial charge on any atom is -0.473 e. The van der Waals surface area contributed by atoms with Crippen LogP contribution in [0, 0.1) is 5.41 Å². The van der Waals surface area contributed by atoms with Crippen molar-refractivity contribution < 1.29 is 24.5 Å². The fourth-order valence-corrected chi connectivity index (χ4v) is 1.64. The lowest BCUT2D eigenvalue weighted by Gasteiger charge is -2.44. The summed E-state index contributed by atoms with van der Waals surface area (Å²) in [6, 6.07) is 0. The summed E-state index contributed by atoms with van der Waals surface area (Å²) in [6.45, 7) is 4.44. The van der Waals surface area contributed by atoms with Crippen LogP contribution in [0.15, 0.2) is 0 Å². The molecule has 2 fully saturated rings. The van der Waals surface area contributed by atoms with Crippen LogP contribution in [0.3, 0.4) is 0 Å². The van der Waals surface area contributed by atoms with Gasteiger partial charge in [-0.25, -0.2) is 9.59 Å². The molecule has 2 heterocycles. The number of piperidine rings is 1. The second-order valence-electron chi connectivity index (χ2n) is 3.85. The number of carbonyl (C=O) groups is 2. The van der Waals surface area contributed by atoms with Gasteiger partial charge in [0.1, 0.15) is 0 Å². The Kier molecular flexibility index (Phi) is 7.94. The van der Waals surface area contributed by atoms with E-state index in [1.54, 1.807) is 6.26 Å². The molecule has 0 unspecified atom stereocenters. The molecule has 6 nitrogen and oxygen atoms in total. The summed E-state index contributed by atoms with van der Waals surface area (Å²) in [5.41, 5.74) is 0.616. The Labute approximate surface area is 106 Å². The van der Waals surface area contributed by atoms with E-state index in [1.165, 1.54) is 25.9 Å². The van der Waals surface area contributed by atoms with Crippen LogP contribution >= 0.6 is 12.6 Å². The number of hydrogen-bond acceptors (Lipinski definition) is 5. The topological polar surface area (TPSA) is 95.9 Å². The van der Waals surface area contributed by atoms with Crippen LogP contribution in [0.2, 0.25) is 0 Å². The van der Waals surface area contributed by atoms with E-state index in [9.17, 15) is 0 Å². The highest BCUT2D eigenvalue weighted by Gasteiger charge is 2.38. The predicted octanol–water partition coefficient (Wildman–Crippen LogP) is 0.0880. The number of ether oxygens (including phenoxy) is 1. The number of aliphatic carboxylic acids is 2. The molecule has 1 spiro atoms. The maximum Gasteiger partial charge on any atom is 0.414 e. The molecule has 2 rings (SSSR count). The highest BCUT2D eigenvalue weighted by molar-refractivity contribution is 7.79. The van der Waals surface area contributed by atoms with E-state index in [0.29, 0.717) is 5.41 Å². The fraction of sp³-hybridized carbons (Fsp3) is 0.800. The Balaban J connectivity index is 0.000000283. The summed E-state index contributed by atoms with van der Waals surface area (Å²) in [4.78, 5) is 18.2. The Hall–Kier alpha value is -0.790. The number of carboxylic acids is 2. The standard InChI is InChI=1S/C7H13NO.C2H2O4.CH4S/c1-3-8-4-2-7(1)5-9-6-7;3-1(4)2(5)6;1-2/h8H,1-6H2;(H,3,4)(H,5,6);2H,1H3. The number of hydrogen-bond donors (Lipinski definition) is 4. The first-order chi connectivity index (χ1) is 8.06. The summed E-state index contributed by atoms with van der Waals surface area (Å²) in [5.74, 6) is -3.65. The lowest BCUT2D eigenvalue weighted by atomic mass is 9.77. The van der Waals surface area contributed by atoms with Crippen LogP contribution in [-0.4, -0.2) is 54.7 Å². The van der Waals surface area contributed by atoms with E-state index in [1.807, 2.05) is 0 Å². The van der Waals surface area contributed by atoms with Gasteiger partial charge in [-0.15, -0.1) is 0 Å². The average molecular weight is 265 g/mol.